The molecule has 0 radical (unpaired) electrons. The number of ether oxygens (including phenoxy) is 1. The number of hydrogen-bond donors (Lipinski definition) is 1. The van der Waals surface area contributed by atoms with Gasteiger partial charge < -0.3 is 10.1 Å². The summed E-state index contributed by atoms with van der Waals surface area (Å²) >= 11 is 11.4. The van der Waals surface area contributed by atoms with Gasteiger partial charge in [0, 0.05) is 5.54 Å². The molecule has 0 fully saturated rings. The van der Waals surface area contributed by atoms with Crippen LogP contribution in [-0.2, 0) is 9.53 Å². The third-order valence-electron chi connectivity index (χ3n) is 2.38. The fourth-order valence-electron chi connectivity index (χ4n) is 1.43. The number of hydrogen-bond acceptors (Lipinski definition) is 3. The molecular formula is C14H16Cl2FNO3. The molecule has 0 aromatic heterocycles. The van der Waals surface area contributed by atoms with E-state index in [2.05, 4.69) is 5.32 Å². The second-order valence-electron chi connectivity index (χ2n) is 5.53. The molecule has 21 heavy (non-hydrogen) atoms. The van der Waals surface area contributed by atoms with Gasteiger partial charge in [-0.3, -0.25) is 4.79 Å². The number of carbonyl (C=O) groups is 2. The predicted octanol–water partition coefficient (Wildman–Crippen LogP) is 3.59. The molecule has 4 nitrogen and oxygen atoms in total. The molecule has 1 atom stereocenters. The van der Waals surface area contributed by atoms with E-state index in [0.717, 1.165) is 12.1 Å². The van der Waals surface area contributed by atoms with Crippen LogP contribution in [-0.4, -0.2) is 23.5 Å². The van der Waals surface area contributed by atoms with E-state index < -0.39 is 29.3 Å². The fourth-order valence-corrected chi connectivity index (χ4v) is 1.89. The van der Waals surface area contributed by atoms with E-state index in [1.807, 2.05) is 0 Å². The van der Waals surface area contributed by atoms with Gasteiger partial charge in [-0.25, -0.2) is 9.18 Å². The largest absolute Gasteiger partial charge is 0.449 e. The van der Waals surface area contributed by atoms with Crippen LogP contribution in [0.25, 0.3) is 0 Å². The second kappa shape index (κ2) is 6.62. The third-order valence-corrected chi connectivity index (χ3v) is 2.98. The van der Waals surface area contributed by atoms with E-state index >= 15 is 0 Å². The van der Waals surface area contributed by atoms with Gasteiger partial charge in [-0.1, -0.05) is 23.2 Å². The minimum Gasteiger partial charge on any atom is -0.449 e. The van der Waals surface area contributed by atoms with E-state index in [0.29, 0.717) is 0 Å². The topological polar surface area (TPSA) is 55.4 Å². The minimum atomic E-state index is -1.04. The lowest BCUT2D eigenvalue weighted by Gasteiger charge is -2.23. The summed E-state index contributed by atoms with van der Waals surface area (Å²) < 4.78 is 18.3. The van der Waals surface area contributed by atoms with Crippen LogP contribution in [0.2, 0.25) is 10.0 Å². The van der Waals surface area contributed by atoms with Gasteiger partial charge in [0.15, 0.2) is 6.10 Å². The molecule has 1 rings (SSSR count). The molecule has 1 aromatic rings. The molecule has 1 amide bonds. The summed E-state index contributed by atoms with van der Waals surface area (Å²) in [6.45, 7) is 6.81. The lowest BCUT2D eigenvalue weighted by Crippen LogP contribution is -2.46. The molecule has 116 valence electrons. The molecule has 1 N–H and O–H groups in total. The fraction of sp³-hybridized carbons (Fsp3) is 0.429. The van der Waals surface area contributed by atoms with E-state index in [1.54, 1.807) is 20.8 Å². The number of rotatable bonds is 3. The third kappa shape index (κ3) is 5.17. The zero-order chi connectivity index (χ0) is 16.4. The standard InChI is InChI=1S/C14H16Cl2FNO3/c1-7(12(19)18-14(2,3)4)21-13(20)8-5-11(17)10(16)6-9(8)15/h5-7H,1-4H3,(H,18,19)/t7-/m1/s1. The first-order valence-corrected chi connectivity index (χ1v) is 6.94. The molecule has 0 bridgehead atoms. The summed E-state index contributed by atoms with van der Waals surface area (Å²) in [5.74, 6) is -2.15. The molecule has 0 saturated heterocycles. The van der Waals surface area contributed by atoms with Gasteiger partial charge in [-0.05, 0) is 39.8 Å². The Kier molecular flexibility index (Phi) is 5.59. The van der Waals surface area contributed by atoms with Gasteiger partial charge in [0.1, 0.15) is 5.82 Å². The monoisotopic (exact) mass is 335 g/mol. The smallest absolute Gasteiger partial charge is 0.340 e. The highest BCUT2D eigenvalue weighted by Crippen LogP contribution is 2.25. The molecule has 0 aliphatic heterocycles. The highest BCUT2D eigenvalue weighted by molar-refractivity contribution is 6.36. The summed E-state index contributed by atoms with van der Waals surface area (Å²) in [4.78, 5) is 23.7. The van der Waals surface area contributed by atoms with Gasteiger partial charge in [0.05, 0.1) is 15.6 Å². The molecular weight excluding hydrogens is 320 g/mol. The molecule has 0 heterocycles. The van der Waals surface area contributed by atoms with Gasteiger partial charge in [0.2, 0.25) is 0 Å². The molecule has 0 saturated carbocycles. The Bertz CT molecular complexity index is 570. The summed E-state index contributed by atoms with van der Waals surface area (Å²) in [6.07, 6.45) is -1.04. The van der Waals surface area contributed by atoms with Crippen molar-refractivity contribution in [2.75, 3.05) is 0 Å². The van der Waals surface area contributed by atoms with Crippen LogP contribution in [0.1, 0.15) is 38.1 Å². The Labute approximate surface area is 132 Å². The molecule has 7 heteroatoms. The number of amides is 1. The minimum absolute atomic E-state index is 0.0465. The summed E-state index contributed by atoms with van der Waals surface area (Å²) in [7, 11) is 0. The van der Waals surface area contributed by atoms with Crippen molar-refractivity contribution in [3.05, 3.63) is 33.6 Å². The summed E-state index contributed by atoms with van der Waals surface area (Å²) in [6, 6.07) is 1.98. The zero-order valence-corrected chi connectivity index (χ0v) is 13.6. The Morgan fingerprint density at radius 2 is 1.81 bits per heavy atom. The number of esters is 1. The highest BCUT2D eigenvalue weighted by atomic mass is 35.5. The summed E-state index contributed by atoms with van der Waals surface area (Å²) in [5.41, 5.74) is -0.643. The van der Waals surface area contributed by atoms with E-state index in [4.69, 9.17) is 27.9 Å². The Morgan fingerprint density at radius 3 is 2.33 bits per heavy atom. The Morgan fingerprint density at radius 1 is 1.24 bits per heavy atom. The maximum absolute atomic E-state index is 13.4. The van der Waals surface area contributed by atoms with Crippen molar-refractivity contribution in [2.45, 2.75) is 39.3 Å². The quantitative estimate of drug-likeness (QED) is 0.678. The van der Waals surface area contributed by atoms with Crippen molar-refractivity contribution < 1.29 is 18.7 Å². The van der Waals surface area contributed by atoms with Gasteiger partial charge in [-0.15, -0.1) is 0 Å². The molecule has 1 aromatic carbocycles. The van der Waals surface area contributed by atoms with Crippen LogP contribution in [0.3, 0.4) is 0 Å². The second-order valence-corrected chi connectivity index (χ2v) is 6.35. The van der Waals surface area contributed by atoms with Crippen molar-refractivity contribution in [3.63, 3.8) is 0 Å². The van der Waals surface area contributed by atoms with Crippen molar-refractivity contribution in [3.8, 4) is 0 Å². The lowest BCUT2D eigenvalue weighted by atomic mass is 10.1. The number of benzene rings is 1. The van der Waals surface area contributed by atoms with E-state index in [1.165, 1.54) is 6.92 Å². The average molecular weight is 336 g/mol. The van der Waals surface area contributed by atoms with Gasteiger partial charge in [-0.2, -0.15) is 0 Å². The predicted molar refractivity (Wildman–Crippen MR) is 79.2 cm³/mol. The number of halogens is 3. The van der Waals surface area contributed by atoms with E-state index in [9.17, 15) is 14.0 Å². The number of nitrogens with one attached hydrogen (secondary N) is 1. The van der Waals surface area contributed by atoms with Crippen molar-refractivity contribution in [2.24, 2.45) is 0 Å². The zero-order valence-electron chi connectivity index (χ0n) is 12.1. The van der Waals surface area contributed by atoms with Gasteiger partial charge in [0.25, 0.3) is 5.91 Å². The van der Waals surface area contributed by atoms with Crippen molar-refractivity contribution in [1.29, 1.82) is 0 Å². The first-order valence-electron chi connectivity index (χ1n) is 6.19. The first kappa shape index (κ1) is 17.7. The number of carbonyl (C=O) groups excluding carboxylic acids is 2. The van der Waals surface area contributed by atoms with Crippen LogP contribution < -0.4 is 5.32 Å². The van der Waals surface area contributed by atoms with Crippen LogP contribution in [0.5, 0.6) is 0 Å². The molecule has 0 aliphatic carbocycles. The average Bonchev–Trinajstić information content (AvgIpc) is 2.31. The highest BCUT2D eigenvalue weighted by Gasteiger charge is 2.24. The maximum atomic E-state index is 13.4. The van der Waals surface area contributed by atoms with Gasteiger partial charge >= 0.3 is 5.97 Å². The van der Waals surface area contributed by atoms with Crippen LogP contribution in [0, 0.1) is 5.82 Å². The van der Waals surface area contributed by atoms with Crippen LogP contribution in [0.15, 0.2) is 12.1 Å². The van der Waals surface area contributed by atoms with E-state index in [-0.39, 0.29) is 15.6 Å². The molecule has 0 aliphatic rings. The molecule has 0 spiro atoms. The lowest BCUT2D eigenvalue weighted by molar-refractivity contribution is -0.130. The van der Waals surface area contributed by atoms with Crippen molar-refractivity contribution in [1.82, 2.24) is 5.32 Å². The van der Waals surface area contributed by atoms with Crippen molar-refractivity contribution >= 4 is 35.1 Å². The first-order chi connectivity index (χ1) is 9.51. The SMILES string of the molecule is C[C@@H](OC(=O)c1cc(F)c(Cl)cc1Cl)C(=O)NC(C)(C)C. The maximum Gasteiger partial charge on any atom is 0.340 e. The van der Waals surface area contributed by atoms with Crippen LogP contribution in [0.4, 0.5) is 4.39 Å². The summed E-state index contributed by atoms with van der Waals surface area (Å²) in [5, 5.41) is 2.42. The molecule has 0 unspecified atom stereocenters. The Hall–Kier alpha value is -1.33. The Balaban J connectivity index is 2.82. The normalized spacial score (nSPS) is 12.7. The van der Waals surface area contributed by atoms with Crippen LogP contribution >= 0.6 is 23.2 Å².